The van der Waals surface area contributed by atoms with Crippen molar-refractivity contribution in [2.45, 2.75) is 19.9 Å². The Kier molecular flexibility index (Phi) is 3.84. The first-order valence-electron chi connectivity index (χ1n) is 5.82. The quantitative estimate of drug-likeness (QED) is 0.687. The molecule has 0 saturated heterocycles. The van der Waals surface area contributed by atoms with E-state index in [-0.39, 0.29) is 12.1 Å². The number of nitrogens with two attached hydrogens (primary N) is 1. The molecule has 2 rings (SSSR count). The van der Waals surface area contributed by atoms with E-state index in [0.717, 1.165) is 0 Å². The topological polar surface area (TPSA) is 127 Å². The number of hydrogen-bond acceptors (Lipinski definition) is 5. The van der Waals surface area contributed by atoms with Crippen molar-refractivity contribution < 1.29 is 14.4 Å². The number of nitrogens with zero attached hydrogens (tertiary/aromatic N) is 4. The van der Waals surface area contributed by atoms with Gasteiger partial charge in [-0.3, -0.25) is 4.57 Å². The lowest BCUT2D eigenvalue weighted by molar-refractivity contribution is 0.363. The molecule has 0 unspecified atom stereocenters. The van der Waals surface area contributed by atoms with E-state index >= 15 is 0 Å². The zero-order chi connectivity index (χ0) is 14.0. The number of aromatic nitrogens is 4. The third kappa shape index (κ3) is 3.50. The van der Waals surface area contributed by atoms with Gasteiger partial charge < -0.3 is 20.1 Å². The summed E-state index contributed by atoms with van der Waals surface area (Å²) in [6, 6.07) is 0. The SMILES string of the molecule is C[C@@H](CCP(=O)(O)O)Cn1cnc2c(N)ncnc21. The first-order valence-corrected chi connectivity index (χ1v) is 7.62. The monoisotopic (exact) mass is 285 g/mol. The van der Waals surface area contributed by atoms with Gasteiger partial charge in [0.2, 0.25) is 0 Å². The molecule has 1 atom stereocenters. The first-order chi connectivity index (χ1) is 8.87. The average molecular weight is 285 g/mol. The molecule has 0 aliphatic carbocycles. The highest BCUT2D eigenvalue weighted by Gasteiger charge is 2.16. The Bertz CT molecular complexity index is 623. The van der Waals surface area contributed by atoms with Crippen molar-refractivity contribution in [3.63, 3.8) is 0 Å². The first kappa shape index (κ1) is 13.9. The molecule has 0 amide bonds. The van der Waals surface area contributed by atoms with Crippen LogP contribution in [0.25, 0.3) is 11.2 Å². The van der Waals surface area contributed by atoms with Crippen molar-refractivity contribution in [2.24, 2.45) is 5.92 Å². The third-order valence-electron chi connectivity index (χ3n) is 2.85. The molecule has 2 heterocycles. The predicted octanol–water partition coefficient (Wildman–Crippen LogP) is 0.612. The fourth-order valence-electron chi connectivity index (χ4n) is 1.85. The summed E-state index contributed by atoms with van der Waals surface area (Å²) in [4.78, 5) is 29.8. The summed E-state index contributed by atoms with van der Waals surface area (Å²) in [6.45, 7) is 2.50. The third-order valence-corrected chi connectivity index (χ3v) is 3.69. The zero-order valence-corrected chi connectivity index (χ0v) is 11.4. The van der Waals surface area contributed by atoms with E-state index in [0.29, 0.717) is 29.9 Å². The number of rotatable bonds is 5. The molecule has 19 heavy (non-hydrogen) atoms. The van der Waals surface area contributed by atoms with Crippen LogP contribution in [0.2, 0.25) is 0 Å². The highest BCUT2D eigenvalue weighted by atomic mass is 31.2. The maximum absolute atomic E-state index is 10.8. The molecule has 0 bridgehead atoms. The molecule has 2 aromatic rings. The van der Waals surface area contributed by atoms with E-state index in [4.69, 9.17) is 15.5 Å². The summed E-state index contributed by atoms with van der Waals surface area (Å²) in [5.41, 5.74) is 6.87. The Labute approximate surface area is 109 Å². The van der Waals surface area contributed by atoms with Crippen molar-refractivity contribution in [3.8, 4) is 0 Å². The Morgan fingerprint density at radius 2 is 2.16 bits per heavy atom. The van der Waals surface area contributed by atoms with Crippen LogP contribution in [0.15, 0.2) is 12.7 Å². The smallest absolute Gasteiger partial charge is 0.325 e. The minimum absolute atomic E-state index is 0.0983. The number of hydrogen-bond donors (Lipinski definition) is 3. The standard InChI is InChI=1S/C10H16N5O3P/c1-7(2-3-19(16,17)18)4-15-6-14-8-9(11)12-5-13-10(8)15/h5-7H,2-4H2,1H3,(H2,11,12,13)(H2,16,17,18)/t7-/m0/s1. The molecule has 9 heteroatoms. The van der Waals surface area contributed by atoms with Crippen LogP contribution in [-0.2, 0) is 11.1 Å². The minimum atomic E-state index is -3.94. The second-order valence-corrected chi connectivity index (χ2v) is 6.39. The summed E-state index contributed by atoms with van der Waals surface area (Å²) in [6.07, 6.45) is 3.31. The molecule has 0 aliphatic rings. The number of anilines is 1. The lowest BCUT2D eigenvalue weighted by Crippen LogP contribution is -2.09. The van der Waals surface area contributed by atoms with E-state index in [1.165, 1.54) is 6.33 Å². The minimum Gasteiger partial charge on any atom is -0.382 e. The summed E-state index contributed by atoms with van der Waals surface area (Å²) in [5.74, 6) is 0.424. The predicted molar refractivity (Wildman–Crippen MR) is 70.4 cm³/mol. The second kappa shape index (κ2) is 5.24. The van der Waals surface area contributed by atoms with Crippen LogP contribution in [-0.4, -0.2) is 35.5 Å². The van der Waals surface area contributed by atoms with E-state index in [2.05, 4.69) is 15.0 Å². The normalized spacial score (nSPS) is 13.8. The van der Waals surface area contributed by atoms with Gasteiger partial charge in [0.1, 0.15) is 11.8 Å². The van der Waals surface area contributed by atoms with Crippen LogP contribution < -0.4 is 5.73 Å². The van der Waals surface area contributed by atoms with Gasteiger partial charge in [-0.1, -0.05) is 6.92 Å². The van der Waals surface area contributed by atoms with Crippen molar-refractivity contribution in [2.75, 3.05) is 11.9 Å². The molecule has 2 aromatic heterocycles. The van der Waals surface area contributed by atoms with Crippen molar-refractivity contribution in [3.05, 3.63) is 12.7 Å². The molecule has 0 spiro atoms. The fourth-order valence-corrected chi connectivity index (χ4v) is 2.63. The van der Waals surface area contributed by atoms with Crippen molar-refractivity contribution in [1.29, 1.82) is 0 Å². The summed E-state index contributed by atoms with van der Waals surface area (Å²) < 4.78 is 12.7. The largest absolute Gasteiger partial charge is 0.382 e. The summed E-state index contributed by atoms with van der Waals surface area (Å²) in [5, 5.41) is 0. The molecule has 4 N–H and O–H groups in total. The van der Waals surface area contributed by atoms with E-state index in [9.17, 15) is 4.57 Å². The van der Waals surface area contributed by atoms with Gasteiger partial charge in [-0.2, -0.15) is 0 Å². The number of nitrogen functional groups attached to an aromatic ring is 1. The zero-order valence-electron chi connectivity index (χ0n) is 10.5. The summed E-state index contributed by atoms with van der Waals surface area (Å²) in [7, 11) is -3.94. The molecule has 8 nitrogen and oxygen atoms in total. The fraction of sp³-hybridized carbons (Fsp3) is 0.500. The van der Waals surface area contributed by atoms with Gasteiger partial charge in [-0.15, -0.1) is 0 Å². The Hall–Kier alpha value is -1.50. The number of imidazole rings is 1. The van der Waals surface area contributed by atoms with Crippen LogP contribution in [0, 0.1) is 5.92 Å². The van der Waals surface area contributed by atoms with Crippen LogP contribution >= 0.6 is 7.60 Å². The van der Waals surface area contributed by atoms with Crippen molar-refractivity contribution in [1.82, 2.24) is 19.5 Å². The Morgan fingerprint density at radius 1 is 1.42 bits per heavy atom. The highest BCUT2D eigenvalue weighted by molar-refractivity contribution is 7.51. The highest BCUT2D eigenvalue weighted by Crippen LogP contribution is 2.36. The molecular weight excluding hydrogens is 269 g/mol. The van der Waals surface area contributed by atoms with Gasteiger partial charge in [0.15, 0.2) is 11.5 Å². The second-order valence-electron chi connectivity index (χ2n) is 4.61. The lowest BCUT2D eigenvalue weighted by Gasteiger charge is -2.12. The lowest BCUT2D eigenvalue weighted by atomic mass is 10.1. The number of fused-ring (bicyclic) bond motifs is 1. The molecule has 0 radical (unpaired) electrons. The Morgan fingerprint density at radius 3 is 2.84 bits per heavy atom. The van der Waals surface area contributed by atoms with Crippen LogP contribution in [0.4, 0.5) is 5.82 Å². The average Bonchev–Trinajstić information content (AvgIpc) is 2.71. The van der Waals surface area contributed by atoms with Gasteiger partial charge >= 0.3 is 7.60 Å². The van der Waals surface area contributed by atoms with E-state index < -0.39 is 7.60 Å². The van der Waals surface area contributed by atoms with Gasteiger partial charge in [0.25, 0.3) is 0 Å². The van der Waals surface area contributed by atoms with Crippen LogP contribution in [0.3, 0.4) is 0 Å². The van der Waals surface area contributed by atoms with Gasteiger partial charge in [-0.05, 0) is 12.3 Å². The van der Waals surface area contributed by atoms with Crippen LogP contribution in [0.5, 0.6) is 0 Å². The van der Waals surface area contributed by atoms with Crippen LogP contribution in [0.1, 0.15) is 13.3 Å². The molecular formula is C10H16N5O3P. The van der Waals surface area contributed by atoms with Gasteiger partial charge in [0, 0.05) is 6.54 Å². The molecule has 0 fully saturated rings. The maximum Gasteiger partial charge on any atom is 0.325 e. The van der Waals surface area contributed by atoms with E-state index in [1.54, 1.807) is 6.33 Å². The molecule has 0 aliphatic heterocycles. The maximum atomic E-state index is 10.8. The molecule has 0 saturated carbocycles. The van der Waals surface area contributed by atoms with Crippen molar-refractivity contribution >= 4 is 24.6 Å². The molecule has 104 valence electrons. The van der Waals surface area contributed by atoms with Gasteiger partial charge in [0.05, 0.1) is 12.5 Å². The van der Waals surface area contributed by atoms with Gasteiger partial charge in [-0.25, -0.2) is 15.0 Å². The Balaban J connectivity index is 2.09. The summed E-state index contributed by atoms with van der Waals surface area (Å²) >= 11 is 0. The molecule has 0 aromatic carbocycles. The van der Waals surface area contributed by atoms with E-state index in [1.807, 2.05) is 11.5 Å².